The molecule has 0 radical (unpaired) electrons. The van der Waals surface area contributed by atoms with Gasteiger partial charge in [0.15, 0.2) is 0 Å². The quantitative estimate of drug-likeness (QED) is 0.345. The maximum absolute atomic E-state index is 10.5. The molecule has 0 fully saturated rings. The highest BCUT2D eigenvalue weighted by molar-refractivity contribution is 6.19. The minimum absolute atomic E-state index is 0.0495. The molecule has 0 heterocycles. The molecule has 0 rings (SSSR count). The number of hydrogen-bond acceptors (Lipinski definition) is 4. The first-order chi connectivity index (χ1) is 4.57. The fourth-order valence-corrected chi connectivity index (χ4v) is 0.406. The SMILES string of the molecule is CC(=O)OC(=O)[C@@H](N)CCl. The summed E-state index contributed by atoms with van der Waals surface area (Å²) in [6, 6.07) is -0.912. The van der Waals surface area contributed by atoms with Crippen LogP contribution in [0.5, 0.6) is 0 Å². The zero-order chi connectivity index (χ0) is 8.15. The first kappa shape index (κ1) is 9.39. The Morgan fingerprint density at radius 2 is 2.20 bits per heavy atom. The molecule has 0 saturated heterocycles. The predicted molar refractivity (Wildman–Crippen MR) is 35.5 cm³/mol. The van der Waals surface area contributed by atoms with E-state index < -0.39 is 18.0 Å². The second-order valence-corrected chi connectivity index (χ2v) is 1.98. The Labute approximate surface area is 63.3 Å². The molecule has 0 aliphatic rings. The van der Waals surface area contributed by atoms with Crippen molar-refractivity contribution < 1.29 is 14.3 Å². The normalized spacial score (nSPS) is 12.3. The van der Waals surface area contributed by atoms with E-state index in [0.29, 0.717) is 0 Å². The average molecular weight is 166 g/mol. The molecule has 0 unspecified atom stereocenters. The molecule has 4 nitrogen and oxygen atoms in total. The van der Waals surface area contributed by atoms with Crippen LogP contribution in [0, 0.1) is 0 Å². The van der Waals surface area contributed by atoms with Gasteiger partial charge in [-0.25, -0.2) is 4.79 Å². The van der Waals surface area contributed by atoms with Crippen LogP contribution in [0.1, 0.15) is 6.92 Å². The lowest BCUT2D eigenvalue weighted by Gasteiger charge is -2.03. The predicted octanol–water partition coefficient (Wildman–Crippen LogP) is -0.358. The van der Waals surface area contributed by atoms with E-state index in [4.69, 9.17) is 17.3 Å². The van der Waals surface area contributed by atoms with Gasteiger partial charge in [0.25, 0.3) is 0 Å². The first-order valence-corrected chi connectivity index (χ1v) is 3.15. The summed E-state index contributed by atoms with van der Waals surface area (Å²) in [6.07, 6.45) is 0. The summed E-state index contributed by atoms with van der Waals surface area (Å²) < 4.78 is 4.12. The highest BCUT2D eigenvalue weighted by atomic mass is 35.5. The minimum atomic E-state index is -0.912. The van der Waals surface area contributed by atoms with Crippen molar-refractivity contribution >= 4 is 23.5 Å². The third-order valence-corrected chi connectivity index (χ3v) is 1.05. The maximum atomic E-state index is 10.5. The van der Waals surface area contributed by atoms with Crippen molar-refractivity contribution in [3.63, 3.8) is 0 Å². The maximum Gasteiger partial charge on any atom is 0.331 e. The Hall–Kier alpha value is -0.610. The molecule has 0 aromatic rings. The van der Waals surface area contributed by atoms with Crippen molar-refractivity contribution in [1.29, 1.82) is 0 Å². The van der Waals surface area contributed by atoms with Crippen LogP contribution in [0.3, 0.4) is 0 Å². The molecule has 0 aliphatic heterocycles. The number of carbonyl (C=O) groups excluding carboxylic acids is 2. The Morgan fingerprint density at radius 1 is 1.70 bits per heavy atom. The zero-order valence-corrected chi connectivity index (χ0v) is 6.22. The van der Waals surface area contributed by atoms with E-state index >= 15 is 0 Å². The molecule has 0 bridgehead atoms. The highest BCUT2D eigenvalue weighted by Gasteiger charge is 2.14. The van der Waals surface area contributed by atoms with Crippen molar-refractivity contribution in [3.05, 3.63) is 0 Å². The molecule has 0 aromatic carbocycles. The van der Waals surface area contributed by atoms with Gasteiger partial charge in [0, 0.05) is 12.8 Å². The molecule has 0 saturated carbocycles. The number of carbonyl (C=O) groups is 2. The molecule has 0 amide bonds. The summed E-state index contributed by atoms with van der Waals surface area (Å²) in [5, 5.41) is 0. The largest absolute Gasteiger partial charge is 0.392 e. The molecular formula is C5H8ClNO3. The lowest BCUT2D eigenvalue weighted by Crippen LogP contribution is -2.34. The molecule has 1 atom stereocenters. The third-order valence-electron chi connectivity index (χ3n) is 0.713. The second-order valence-electron chi connectivity index (χ2n) is 1.67. The summed E-state index contributed by atoms with van der Waals surface area (Å²) in [6.45, 7) is 1.12. The van der Waals surface area contributed by atoms with E-state index in [2.05, 4.69) is 4.74 Å². The molecule has 0 aromatic heterocycles. The van der Waals surface area contributed by atoms with Gasteiger partial charge in [-0.15, -0.1) is 11.6 Å². The van der Waals surface area contributed by atoms with Gasteiger partial charge >= 0.3 is 11.9 Å². The molecular weight excluding hydrogens is 158 g/mol. The first-order valence-electron chi connectivity index (χ1n) is 2.61. The van der Waals surface area contributed by atoms with Gasteiger partial charge in [-0.2, -0.15) is 0 Å². The Balaban J connectivity index is 3.73. The Kier molecular flexibility index (Phi) is 3.99. The van der Waals surface area contributed by atoms with Crippen LogP contribution < -0.4 is 5.73 Å². The zero-order valence-electron chi connectivity index (χ0n) is 5.46. The van der Waals surface area contributed by atoms with Crippen LogP contribution in [0.4, 0.5) is 0 Å². The van der Waals surface area contributed by atoms with E-state index in [1.807, 2.05) is 0 Å². The van der Waals surface area contributed by atoms with E-state index in [-0.39, 0.29) is 5.88 Å². The topological polar surface area (TPSA) is 69.4 Å². The fourth-order valence-electron chi connectivity index (χ4n) is 0.280. The lowest BCUT2D eigenvalue weighted by atomic mass is 10.4. The van der Waals surface area contributed by atoms with Crippen molar-refractivity contribution in [2.75, 3.05) is 5.88 Å². The number of nitrogens with two attached hydrogens (primary N) is 1. The van der Waals surface area contributed by atoms with Crippen molar-refractivity contribution in [1.82, 2.24) is 0 Å². The average Bonchev–Trinajstić information content (AvgIpc) is 1.85. The highest BCUT2D eigenvalue weighted by Crippen LogP contribution is 1.88. The monoisotopic (exact) mass is 165 g/mol. The second kappa shape index (κ2) is 4.24. The van der Waals surface area contributed by atoms with Crippen molar-refractivity contribution in [2.24, 2.45) is 5.73 Å². The number of halogens is 1. The Morgan fingerprint density at radius 3 is 2.50 bits per heavy atom. The van der Waals surface area contributed by atoms with Crippen LogP contribution in [0.2, 0.25) is 0 Å². The smallest absolute Gasteiger partial charge is 0.331 e. The molecule has 0 spiro atoms. The summed E-state index contributed by atoms with van der Waals surface area (Å²) in [5.74, 6) is -1.51. The summed E-state index contributed by atoms with van der Waals surface area (Å²) in [7, 11) is 0. The van der Waals surface area contributed by atoms with Crippen molar-refractivity contribution in [3.8, 4) is 0 Å². The van der Waals surface area contributed by atoms with Crippen LogP contribution in [-0.4, -0.2) is 23.9 Å². The van der Waals surface area contributed by atoms with E-state index in [1.54, 1.807) is 0 Å². The van der Waals surface area contributed by atoms with Gasteiger partial charge in [-0.1, -0.05) is 0 Å². The number of rotatable bonds is 2. The van der Waals surface area contributed by atoms with Gasteiger partial charge in [0.1, 0.15) is 6.04 Å². The summed E-state index contributed by atoms with van der Waals surface area (Å²) in [4.78, 5) is 20.7. The fraction of sp³-hybridized carbons (Fsp3) is 0.600. The van der Waals surface area contributed by atoms with Gasteiger partial charge in [0.2, 0.25) is 0 Å². The van der Waals surface area contributed by atoms with Gasteiger partial charge in [-0.05, 0) is 0 Å². The minimum Gasteiger partial charge on any atom is -0.392 e. The van der Waals surface area contributed by atoms with Crippen molar-refractivity contribution in [2.45, 2.75) is 13.0 Å². The van der Waals surface area contributed by atoms with E-state index in [0.717, 1.165) is 6.92 Å². The summed E-state index contributed by atoms with van der Waals surface area (Å²) in [5.41, 5.74) is 5.11. The van der Waals surface area contributed by atoms with Crippen LogP contribution in [0.25, 0.3) is 0 Å². The number of hydrogen-bond donors (Lipinski definition) is 1. The van der Waals surface area contributed by atoms with Gasteiger partial charge in [0.05, 0.1) is 0 Å². The standard InChI is InChI=1S/C5H8ClNO3/c1-3(8)10-5(9)4(7)2-6/h4H,2,7H2,1H3/t4-/m0/s1. The summed E-state index contributed by atoms with van der Waals surface area (Å²) >= 11 is 5.19. The van der Waals surface area contributed by atoms with Crippen LogP contribution in [0.15, 0.2) is 0 Å². The molecule has 10 heavy (non-hydrogen) atoms. The third kappa shape index (κ3) is 3.42. The Bertz CT molecular complexity index is 148. The molecule has 2 N–H and O–H groups in total. The number of alkyl halides is 1. The number of esters is 2. The number of ether oxygens (including phenoxy) is 1. The molecule has 0 aliphatic carbocycles. The lowest BCUT2D eigenvalue weighted by molar-refractivity contribution is -0.158. The van der Waals surface area contributed by atoms with Crippen LogP contribution >= 0.6 is 11.6 Å². The van der Waals surface area contributed by atoms with Crippen LogP contribution in [-0.2, 0) is 14.3 Å². The van der Waals surface area contributed by atoms with E-state index in [1.165, 1.54) is 0 Å². The van der Waals surface area contributed by atoms with E-state index in [9.17, 15) is 9.59 Å². The molecule has 58 valence electrons. The molecule has 5 heteroatoms. The van der Waals surface area contributed by atoms with Gasteiger partial charge in [-0.3, -0.25) is 4.79 Å². The van der Waals surface area contributed by atoms with Gasteiger partial charge < -0.3 is 10.5 Å².